The van der Waals surface area contributed by atoms with Gasteiger partial charge in [-0.25, -0.2) is 0 Å². The Hall–Kier alpha value is -0.980. The highest BCUT2D eigenvalue weighted by Crippen LogP contribution is 2.10. The van der Waals surface area contributed by atoms with Crippen LogP contribution < -0.4 is 5.32 Å². The van der Waals surface area contributed by atoms with Crippen molar-refractivity contribution in [3.8, 4) is 0 Å². The number of rotatable bonds is 5. The standard InChI is InChI=1S/C9H16N2O4/c1-11-7(12)4-6(9(11)13)10-5-8(14-2)15-3/h6,8,10H,4-5H2,1-3H3. The third kappa shape index (κ3) is 2.74. The summed E-state index contributed by atoms with van der Waals surface area (Å²) in [6.07, 6.45) is -0.200. The number of nitrogens with zero attached hydrogens (tertiary/aromatic N) is 1. The Morgan fingerprint density at radius 3 is 2.47 bits per heavy atom. The second-order valence-electron chi connectivity index (χ2n) is 3.36. The molecule has 0 aromatic heterocycles. The van der Waals surface area contributed by atoms with Gasteiger partial charge < -0.3 is 14.8 Å². The zero-order valence-electron chi connectivity index (χ0n) is 9.15. The number of hydrogen-bond donors (Lipinski definition) is 1. The first-order valence-corrected chi connectivity index (χ1v) is 4.69. The molecule has 0 aliphatic carbocycles. The SMILES string of the molecule is COC(CNC1CC(=O)N(C)C1=O)OC. The maximum atomic E-state index is 11.5. The van der Waals surface area contributed by atoms with E-state index in [-0.39, 0.29) is 18.2 Å². The Balaban J connectivity index is 2.40. The Morgan fingerprint density at radius 1 is 1.47 bits per heavy atom. The predicted molar refractivity (Wildman–Crippen MR) is 52.0 cm³/mol. The van der Waals surface area contributed by atoms with Gasteiger partial charge in [-0.1, -0.05) is 0 Å². The molecule has 1 rings (SSSR count). The van der Waals surface area contributed by atoms with Crippen LogP contribution in [0.5, 0.6) is 0 Å². The normalized spacial score (nSPS) is 21.9. The second kappa shape index (κ2) is 5.20. The minimum Gasteiger partial charge on any atom is -0.355 e. The van der Waals surface area contributed by atoms with Gasteiger partial charge >= 0.3 is 0 Å². The Kier molecular flexibility index (Phi) is 4.19. The number of likely N-dealkylation sites (N-methyl/N-ethyl adjacent to an activating group) is 1. The molecule has 1 unspecified atom stereocenters. The van der Waals surface area contributed by atoms with Gasteiger partial charge in [0.15, 0.2) is 6.29 Å². The highest BCUT2D eigenvalue weighted by atomic mass is 16.7. The summed E-state index contributed by atoms with van der Waals surface area (Å²) in [5.74, 6) is -0.366. The molecule has 1 fully saturated rings. The molecular weight excluding hydrogens is 200 g/mol. The smallest absolute Gasteiger partial charge is 0.246 e. The number of carbonyl (C=O) groups excluding carboxylic acids is 2. The molecule has 1 N–H and O–H groups in total. The first-order chi connectivity index (χ1) is 7.10. The van der Waals surface area contributed by atoms with Crippen LogP contribution in [0.15, 0.2) is 0 Å². The molecule has 6 heteroatoms. The van der Waals surface area contributed by atoms with Gasteiger partial charge in [-0.2, -0.15) is 0 Å². The van der Waals surface area contributed by atoms with E-state index in [0.29, 0.717) is 6.54 Å². The molecule has 1 aliphatic rings. The van der Waals surface area contributed by atoms with Crippen LogP contribution in [0.2, 0.25) is 0 Å². The summed E-state index contributed by atoms with van der Waals surface area (Å²) in [5, 5.41) is 2.93. The van der Waals surface area contributed by atoms with E-state index in [9.17, 15) is 9.59 Å². The maximum Gasteiger partial charge on any atom is 0.246 e. The van der Waals surface area contributed by atoms with Gasteiger partial charge in [0.2, 0.25) is 11.8 Å². The molecule has 0 saturated carbocycles. The van der Waals surface area contributed by atoms with Crippen LogP contribution in [0.25, 0.3) is 0 Å². The minimum absolute atomic E-state index is 0.163. The van der Waals surface area contributed by atoms with Crippen molar-refractivity contribution in [2.75, 3.05) is 27.8 Å². The van der Waals surface area contributed by atoms with Crippen molar-refractivity contribution in [1.82, 2.24) is 10.2 Å². The van der Waals surface area contributed by atoms with Crippen molar-refractivity contribution in [3.63, 3.8) is 0 Å². The molecule has 0 radical (unpaired) electrons. The van der Waals surface area contributed by atoms with Crippen LogP contribution in [0.4, 0.5) is 0 Å². The van der Waals surface area contributed by atoms with E-state index in [1.807, 2.05) is 0 Å². The van der Waals surface area contributed by atoms with Gasteiger partial charge in [0.1, 0.15) is 0 Å². The van der Waals surface area contributed by atoms with Crippen LogP contribution in [0.1, 0.15) is 6.42 Å². The molecule has 0 spiro atoms. The van der Waals surface area contributed by atoms with Crippen molar-refractivity contribution < 1.29 is 19.1 Å². The molecule has 2 amide bonds. The van der Waals surface area contributed by atoms with E-state index < -0.39 is 12.3 Å². The van der Waals surface area contributed by atoms with E-state index in [2.05, 4.69) is 5.32 Å². The minimum atomic E-state index is -0.449. The Morgan fingerprint density at radius 2 is 2.07 bits per heavy atom. The monoisotopic (exact) mass is 216 g/mol. The zero-order chi connectivity index (χ0) is 11.4. The number of carbonyl (C=O) groups is 2. The van der Waals surface area contributed by atoms with Crippen LogP contribution in [-0.4, -0.2) is 56.9 Å². The van der Waals surface area contributed by atoms with Crippen LogP contribution in [0.3, 0.4) is 0 Å². The van der Waals surface area contributed by atoms with Gasteiger partial charge in [-0.15, -0.1) is 0 Å². The summed E-state index contributed by atoms with van der Waals surface area (Å²) >= 11 is 0. The fourth-order valence-electron chi connectivity index (χ4n) is 1.42. The average molecular weight is 216 g/mol. The van der Waals surface area contributed by atoms with E-state index in [1.54, 1.807) is 0 Å². The number of likely N-dealkylation sites (tertiary alicyclic amines) is 1. The summed E-state index contributed by atoms with van der Waals surface area (Å²) < 4.78 is 9.91. The van der Waals surface area contributed by atoms with E-state index in [0.717, 1.165) is 4.90 Å². The van der Waals surface area contributed by atoms with Gasteiger partial charge in [-0.05, 0) is 0 Å². The summed E-state index contributed by atoms with van der Waals surface area (Å²) in [4.78, 5) is 23.8. The molecule has 86 valence electrons. The van der Waals surface area contributed by atoms with Crippen LogP contribution in [-0.2, 0) is 19.1 Å². The van der Waals surface area contributed by atoms with Gasteiger partial charge in [0, 0.05) is 27.8 Å². The highest BCUT2D eigenvalue weighted by Gasteiger charge is 2.35. The van der Waals surface area contributed by atoms with Crippen LogP contribution >= 0.6 is 0 Å². The van der Waals surface area contributed by atoms with Crippen molar-refractivity contribution in [1.29, 1.82) is 0 Å². The van der Waals surface area contributed by atoms with E-state index in [4.69, 9.17) is 9.47 Å². The number of hydrogen-bond acceptors (Lipinski definition) is 5. The lowest BCUT2D eigenvalue weighted by molar-refractivity contribution is -0.137. The lowest BCUT2D eigenvalue weighted by atomic mass is 10.2. The third-order valence-corrected chi connectivity index (χ3v) is 2.44. The molecule has 1 heterocycles. The van der Waals surface area contributed by atoms with Crippen LogP contribution in [0, 0.1) is 0 Å². The van der Waals surface area contributed by atoms with Crippen molar-refractivity contribution >= 4 is 11.8 Å². The first-order valence-electron chi connectivity index (χ1n) is 4.69. The zero-order valence-corrected chi connectivity index (χ0v) is 9.15. The lowest BCUT2D eigenvalue weighted by Crippen LogP contribution is -2.41. The number of amides is 2. The molecule has 1 aliphatic heterocycles. The Bertz CT molecular complexity index is 252. The van der Waals surface area contributed by atoms with Crippen molar-refractivity contribution in [2.45, 2.75) is 18.8 Å². The molecule has 0 aromatic carbocycles. The first kappa shape index (κ1) is 12.1. The second-order valence-corrected chi connectivity index (χ2v) is 3.36. The van der Waals surface area contributed by atoms with E-state index in [1.165, 1.54) is 21.3 Å². The average Bonchev–Trinajstić information content (AvgIpc) is 2.48. The third-order valence-electron chi connectivity index (χ3n) is 2.44. The number of methoxy groups -OCH3 is 2. The largest absolute Gasteiger partial charge is 0.355 e. The fraction of sp³-hybridized carbons (Fsp3) is 0.778. The quantitative estimate of drug-likeness (QED) is 0.469. The molecule has 6 nitrogen and oxygen atoms in total. The lowest BCUT2D eigenvalue weighted by Gasteiger charge is -2.16. The molecule has 0 bridgehead atoms. The van der Waals surface area contributed by atoms with Gasteiger partial charge in [0.05, 0.1) is 12.5 Å². The molecule has 0 aromatic rings. The van der Waals surface area contributed by atoms with Crippen molar-refractivity contribution in [2.24, 2.45) is 0 Å². The molecule has 15 heavy (non-hydrogen) atoms. The molecule has 1 saturated heterocycles. The predicted octanol–water partition coefficient (Wildman–Crippen LogP) is -1.05. The summed E-state index contributed by atoms with van der Waals surface area (Å²) in [7, 11) is 4.52. The Labute approximate surface area is 88.5 Å². The topological polar surface area (TPSA) is 67.9 Å². The summed E-state index contributed by atoms with van der Waals surface area (Å²) in [6.45, 7) is 0.379. The number of ether oxygens (including phenoxy) is 2. The summed E-state index contributed by atoms with van der Waals surface area (Å²) in [6, 6.07) is -0.449. The summed E-state index contributed by atoms with van der Waals surface area (Å²) in [5.41, 5.74) is 0. The van der Waals surface area contributed by atoms with Gasteiger partial charge in [-0.3, -0.25) is 14.5 Å². The van der Waals surface area contributed by atoms with Gasteiger partial charge in [0.25, 0.3) is 0 Å². The van der Waals surface area contributed by atoms with Crippen molar-refractivity contribution in [3.05, 3.63) is 0 Å². The molecule has 1 atom stereocenters. The van der Waals surface area contributed by atoms with E-state index >= 15 is 0 Å². The fourth-order valence-corrected chi connectivity index (χ4v) is 1.42. The maximum absolute atomic E-state index is 11.5. The molecular formula is C9H16N2O4. The number of imide groups is 1. The number of nitrogens with one attached hydrogen (secondary N) is 1. The highest BCUT2D eigenvalue weighted by molar-refractivity contribution is 6.05.